The number of nitrogen functional groups attached to an aromatic ring is 1. The number of hydrogen-bond acceptors (Lipinski definition) is 6. The lowest BCUT2D eigenvalue weighted by Gasteiger charge is -2.09. The van der Waals surface area contributed by atoms with E-state index in [0.29, 0.717) is 5.82 Å². The molecule has 0 spiro atoms. The molecule has 0 bridgehead atoms. The molecule has 0 aliphatic rings. The molecule has 0 aliphatic heterocycles. The van der Waals surface area contributed by atoms with E-state index in [1.807, 2.05) is 32.9 Å². The number of hydrogen-bond donors (Lipinski definition) is 1. The van der Waals surface area contributed by atoms with Gasteiger partial charge in [-0.3, -0.25) is 4.98 Å². The third kappa shape index (κ3) is 2.91. The Morgan fingerprint density at radius 3 is 2.67 bits per heavy atom. The van der Waals surface area contributed by atoms with Gasteiger partial charge in [0.25, 0.3) is 0 Å². The molecule has 0 radical (unpaired) electrons. The summed E-state index contributed by atoms with van der Waals surface area (Å²) in [6.07, 6.45) is 1.69. The molecule has 0 aromatic carbocycles. The van der Waals surface area contributed by atoms with Crippen LogP contribution in [0.1, 0.15) is 19.5 Å². The van der Waals surface area contributed by atoms with Gasteiger partial charge in [-0.05, 0) is 32.9 Å². The Bertz CT molecular complexity index is 556. The molecule has 0 aliphatic carbocycles. The summed E-state index contributed by atoms with van der Waals surface area (Å²) in [7, 11) is 0. The van der Waals surface area contributed by atoms with Crippen LogP contribution in [0.15, 0.2) is 18.3 Å². The maximum atomic E-state index is 5.65. The van der Waals surface area contributed by atoms with Gasteiger partial charge in [-0.15, -0.1) is 0 Å². The summed E-state index contributed by atoms with van der Waals surface area (Å²) in [5, 5.41) is 0. The molecule has 2 aromatic rings. The van der Waals surface area contributed by atoms with Gasteiger partial charge in [-0.2, -0.15) is 15.0 Å². The van der Waals surface area contributed by atoms with E-state index >= 15 is 0 Å². The second-order valence-electron chi connectivity index (χ2n) is 4.15. The largest absolute Gasteiger partial charge is 0.461 e. The summed E-state index contributed by atoms with van der Waals surface area (Å²) in [5.41, 5.74) is 7.38. The number of ether oxygens (including phenoxy) is 1. The van der Waals surface area contributed by atoms with Crippen LogP contribution in [0.25, 0.3) is 11.4 Å². The minimum atomic E-state index is -0.0150. The normalized spacial score (nSPS) is 10.7. The highest BCUT2D eigenvalue weighted by atomic mass is 16.5. The fraction of sp³-hybridized carbons (Fsp3) is 0.333. The average Bonchev–Trinajstić information content (AvgIpc) is 2.27. The first kappa shape index (κ1) is 12.2. The van der Waals surface area contributed by atoms with E-state index in [0.717, 1.165) is 11.3 Å². The standard InChI is InChI=1S/C12H15N5O/c1-7(2)18-12-16-10(15-11(13)17-12)9-4-5-14-8(3)6-9/h4-7H,1-3H3,(H2,13,15,16,17). The molecule has 0 unspecified atom stereocenters. The van der Waals surface area contributed by atoms with E-state index in [1.54, 1.807) is 6.20 Å². The maximum absolute atomic E-state index is 5.65. The molecule has 2 rings (SSSR count). The molecule has 0 saturated heterocycles. The Morgan fingerprint density at radius 1 is 1.22 bits per heavy atom. The lowest BCUT2D eigenvalue weighted by atomic mass is 10.2. The Balaban J connectivity index is 2.41. The summed E-state index contributed by atoms with van der Waals surface area (Å²) in [6, 6.07) is 3.94. The van der Waals surface area contributed by atoms with Crippen LogP contribution in [0, 0.1) is 6.92 Å². The minimum absolute atomic E-state index is 0.0150. The molecule has 2 N–H and O–H groups in total. The van der Waals surface area contributed by atoms with Crippen molar-refractivity contribution in [1.82, 2.24) is 19.9 Å². The van der Waals surface area contributed by atoms with E-state index in [1.165, 1.54) is 0 Å². The molecule has 6 nitrogen and oxygen atoms in total. The summed E-state index contributed by atoms with van der Waals surface area (Å²) in [6.45, 7) is 5.70. The summed E-state index contributed by atoms with van der Waals surface area (Å²) in [4.78, 5) is 16.4. The Labute approximate surface area is 105 Å². The van der Waals surface area contributed by atoms with Crippen LogP contribution >= 0.6 is 0 Å². The maximum Gasteiger partial charge on any atom is 0.322 e. The molecule has 18 heavy (non-hydrogen) atoms. The highest BCUT2D eigenvalue weighted by Crippen LogP contribution is 2.18. The zero-order valence-electron chi connectivity index (χ0n) is 10.6. The first-order chi connectivity index (χ1) is 8.54. The van der Waals surface area contributed by atoms with Crippen molar-refractivity contribution in [2.24, 2.45) is 0 Å². The van der Waals surface area contributed by atoms with Crippen molar-refractivity contribution in [3.05, 3.63) is 24.0 Å². The van der Waals surface area contributed by atoms with Crippen LogP contribution < -0.4 is 10.5 Å². The highest BCUT2D eigenvalue weighted by molar-refractivity contribution is 5.56. The first-order valence-electron chi connectivity index (χ1n) is 5.66. The number of anilines is 1. The quantitative estimate of drug-likeness (QED) is 0.884. The fourth-order valence-electron chi connectivity index (χ4n) is 1.45. The third-order valence-corrected chi connectivity index (χ3v) is 2.13. The van der Waals surface area contributed by atoms with Crippen molar-refractivity contribution in [3.8, 4) is 17.4 Å². The SMILES string of the molecule is Cc1cc(-c2nc(N)nc(OC(C)C)n2)ccn1. The highest BCUT2D eigenvalue weighted by Gasteiger charge is 2.09. The number of nitrogens with zero attached hydrogens (tertiary/aromatic N) is 4. The van der Waals surface area contributed by atoms with Crippen LogP contribution in [0.5, 0.6) is 6.01 Å². The van der Waals surface area contributed by atoms with Gasteiger partial charge in [-0.25, -0.2) is 0 Å². The molecule has 2 aromatic heterocycles. The predicted octanol–water partition coefficient (Wildman–Crippen LogP) is 1.61. The summed E-state index contributed by atoms with van der Waals surface area (Å²) >= 11 is 0. The van der Waals surface area contributed by atoms with Gasteiger partial charge >= 0.3 is 6.01 Å². The van der Waals surface area contributed by atoms with Gasteiger partial charge in [0.1, 0.15) is 0 Å². The Morgan fingerprint density at radius 2 is 2.00 bits per heavy atom. The fourth-order valence-corrected chi connectivity index (χ4v) is 1.45. The molecule has 6 heteroatoms. The van der Waals surface area contributed by atoms with Gasteiger partial charge in [-0.1, -0.05) is 0 Å². The molecule has 0 atom stereocenters. The molecule has 2 heterocycles. The van der Waals surface area contributed by atoms with Gasteiger partial charge in [0.2, 0.25) is 5.95 Å². The molecule has 94 valence electrons. The number of aromatic nitrogens is 4. The molecule has 0 amide bonds. The van der Waals surface area contributed by atoms with Crippen LogP contribution in [0.4, 0.5) is 5.95 Å². The minimum Gasteiger partial charge on any atom is -0.461 e. The third-order valence-electron chi connectivity index (χ3n) is 2.13. The van der Waals surface area contributed by atoms with Crippen molar-refractivity contribution in [2.45, 2.75) is 26.9 Å². The smallest absolute Gasteiger partial charge is 0.322 e. The van der Waals surface area contributed by atoms with E-state index in [4.69, 9.17) is 10.5 Å². The number of aryl methyl sites for hydroxylation is 1. The summed E-state index contributed by atoms with van der Waals surface area (Å²) in [5.74, 6) is 0.633. The zero-order valence-corrected chi connectivity index (χ0v) is 10.6. The average molecular weight is 245 g/mol. The molecular weight excluding hydrogens is 230 g/mol. The van der Waals surface area contributed by atoms with E-state index in [2.05, 4.69) is 19.9 Å². The second kappa shape index (κ2) is 4.95. The van der Waals surface area contributed by atoms with Crippen LogP contribution in [-0.4, -0.2) is 26.0 Å². The van der Waals surface area contributed by atoms with Gasteiger partial charge in [0, 0.05) is 17.5 Å². The van der Waals surface area contributed by atoms with Gasteiger partial charge < -0.3 is 10.5 Å². The summed E-state index contributed by atoms with van der Waals surface area (Å²) < 4.78 is 5.43. The van der Waals surface area contributed by atoms with Crippen molar-refractivity contribution in [1.29, 1.82) is 0 Å². The first-order valence-corrected chi connectivity index (χ1v) is 5.66. The van der Waals surface area contributed by atoms with Crippen molar-refractivity contribution in [3.63, 3.8) is 0 Å². The monoisotopic (exact) mass is 245 g/mol. The topological polar surface area (TPSA) is 86.8 Å². The lowest BCUT2D eigenvalue weighted by Crippen LogP contribution is -2.11. The zero-order chi connectivity index (χ0) is 13.1. The van der Waals surface area contributed by atoms with Crippen LogP contribution in [0.3, 0.4) is 0 Å². The molecule has 0 fully saturated rings. The van der Waals surface area contributed by atoms with E-state index < -0.39 is 0 Å². The van der Waals surface area contributed by atoms with Crippen molar-refractivity contribution >= 4 is 5.95 Å². The molecule has 0 saturated carbocycles. The van der Waals surface area contributed by atoms with Crippen LogP contribution in [-0.2, 0) is 0 Å². The lowest BCUT2D eigenvalue weighted by molar-refractivity contribution is 0.222. The number of rotatable bonds is 3. The van der Waals surface area contributed by atoms with Crippen molar-refractivity contribution in [2.75, 3.05) is 5.73 Å². The van der Waals surface area contributed by atoms with E-state index in [-0.39, 0.29) is 18.1 Å². The van der Waals surface area contributed by atoms with Crippen LogP contribution in [0.2, 0.25) is 0 Å². The molecular formula is C12H15N5O. The van der Waals surface area contributed by atoms with Gasteiger partial charge in [0.15, 0.2) is 5.82 Å². The number of nitrogens with two attached hydrogens (primary N) is 1. The van der Waals surface area contributed by atoms with Gasteiger partial charge in [0.05, 0.1) is 6.10 Å². The Hall–Kier alpha value is -2.24. The predicted molar refractivity (Wildman–Crippen MR) is 68.0 cm³/mol. The Kier molecular flexibility index (Phi) is 3.36. The second-order valence-corrected chi connectivity index (χ2v) is 4.15. The van der Waals surface area contributed by atoms with Crippen molar-refractivity contribution < 1.29 is 4.74 Å². The van der Waals surface area contributed by atoms with E-state index in [9.17, 15) is 0 Å². The number of pyridine rings is 1.